The Bertz CT molecular complexity index is 687. The second-order valence-electron chi connectivity index (χ2n) is 4.53. The van der Waals surface area contributed by atoms with Gasteiger partial charge in [-0.05, 0) is 42.0 Å². The molecule has 23 heavy (non-hydrogen) atoms. The molecule has 0 aliphatic rings. The first-order chi connectivity index (χ1) is 10.8. The summed E-state index contributed by atoms with van der Waals surface area (Å²) in [5.74, 6) is -0.174. The van der Waals surface area contributed by atoms with Gasteiger partial charge in [0.05, 0.1) is 6.54 Å². The van der Waals surface area contributed by atoms with Crippen LogP contribution in [0.15, 0.2) is 53.5 Å². The first-order valence-corrected chi connectivity index (χ1v) is 6.87. The van der Waals surface area contributed by atoms with E-state index in [2.05, 4.69) is 15.0 Å². The number of nitrogens with two attached hydrogens (primary N) is 1. The number of alkyl halides is 3. The molecule has 0 saturated carbocycles. The van der Waals surface area contributed by atoms with Crippen LogP contribution in [0.2, 0.25) is 5.02 Å². The normalized spacial score (nSPS) is 12.1. The number of ether oxygens (including phenoxy) is 1. The van der Waals surface area contributed by atoms with Crippen molar-refractivity contribution in [1.82, 2.24) is 0 Å². The van der Waals surface area contributed by atoms with E-state index >= 15 is 0 Å². The number of nitrogens with one attached hydrogen (secondary N) is 1. The molecule has 0 aromatic heterocycles. The highest BCUT2D eigenvalue weighted by molar-refractivity contribution is 6.30. The largest absolute Gasteiger partial charge is 0.573 e. The first kappa shape index (κ1) is 17.0. The predicted molar refractivity (Wildman–Crippen MR) is 83.5 cm³/mol. The predicted octanol–water partition coefficient (Wildman–Crippen LogP) is 4.17. The molecule has 0 amide bonds. The van der Waals surface area contributed by atoms with E-state index in [1.807, 2.05) is 6.07 Å². The number of aliphatic imine (C=N–C) groups is 1. The van der Waals surface area contributed by atoms with Crippen molar-refractivity contribution in [3.63, 3.8) is 0 Å². The number of halogens is 4. The van der Waals surface area contributed by atoms with Crippen molar-refractivity contribution in [2.75, 3.05) is 5.32 Å². The SMILES string of the molecule is NC(=NCc1cccc(Cl)c1)Nc1ccc(OC(F)(F)F)cc1. The Morgan fingerprint density at radius 1 is 1.17 bits per heavy atom. The van der Waals surface area contributed by atoms with Gasteiger partial charge in [0, 0.05) is 10.7 Å². The molecule has 2 rings (SSSR count). The van der Waals surface area contributed by atoms with E-state index in [-0.39, 0.29) is 11.7 Å². The molecule has 0 spiro atoms. The standard InChI is InChI=1S/C15H13ClF3N3O/c16-11-3-1-2-10(8-11)9-21-14(20)22-12-4-6-13(7-5-12)23-15(17,18)19/h1-8H,9H2,(H3,20,21,22). The Kier molecular flexibility index (Phi) is 5.33. The van der Waals surface area contributed by atoms with Gasteiger partial charge in [0.15, 0.2) is 5.96 Å². The van der Waals surface area contributed by atoms with Crippen molar-refractivity contribution in [3.8, 4) is 5.75 Å². The molecular weight excluding hydrogens is 331 g/mol. The maximum atomic E-state index is 12.1. The van der Waals surface area contributed by atoms with E-state index in [1.165, 1.54) is 24.3 Å². The van der Waals surface area contributed by atoms with Crippen LogP contribution in [0.25, 0.3) is 0 Å². The van der Waals surface area contributed by atoms with E-state index in [0.717, 1.165) is 5.56 Å². The minimum Gasteiger partial charge on any atom is -0.406 e. The topological polar surface area (TPSA) is 59.6 Å². The second kappa shape index (κ2) is 7.23. The van der Waals surface area contributed by atoms with Crippen molar-refractivity contribution in [2.45, 2.75) is 12.9 Å². The Hall–Kier alpha value is -2.41. The fraction of sp³-hybridized carbons (Fsp3) is 0.133. The van der Waals surface area contributed by atoms with E-state index in [0.29, 0.717) is 17.3 Å². The fourth-order valence-corrected chi connectivity index (χ4v) is 1.95. The molecule has 0 aliphatic carbocycles. The molecule has 0 heterocycles. The molecule has 2 aromatic rings. The number of guanidine groups is 1. The zero-order valence-electron chi connectivity index (χ0n) is 11.8. The van der Waals surface area contributed by atoms with Gasteiger partial charge in [-0.3, -0.25) is 0 Å². The molecule has 0 bridgehead atoms. The van der Waals surface area contributed by atoms with Gasteiger partial charge in [-0.15, -0.1) is 13.2 Å². The van der Waals surface area contributed by atoms with Gasteiger partial charge >= 0.3 is 6.36 Å². The zero-order valence-corrected chi connectivity index (χ0v) is 12.5. The van der Waals surface area contributed by atoms with Crippen molar-refractivity contribution in [2.24, 2.45) is 10.7 Å². The number of benzene rings is 2. The molecule has 2 aromatic carbocycles. The van der Waals surface area contributed by atoms with E-state index in [1.54, 1.807) is 18.2 Å². The number of hydrogen-bond donors (Lipinski definition) is 2. The van der Waals surface area contributed by atoms with Gasteiger partial charge in [-0.25, -0.2) is 4.99 Å². The van der Waals surface area contributed by atoms with Crippen molar-refractivity contribution in [1.29, 1.82) is 0 Å². The fourth-order valence-electron chi connectivity index (χ4n) is 1.74. The molecule has 8 heteroatoms. The lowest BCUT2D eigenvalue weighted by atomic mass is 10.2. The van der Waals surface area contributed by atoms with Crippen LogP contribution in [0, 0.1) is 0 Å². The molecule has 122 valence electrons. The summed E-state index contributed by atoms with van der Waals surface area (Å²) in [5, 5.41) is 3.38. The summed E-state index contributed by atoms with van der Waals surface area (Å²) >= 11 is 5.86. The van der Waals surface area contributed by atoms with Crippen LogP contribution in [-0.4, -0.2) is 12.3 Å². The average molecular weight is 344 g/mol. The van der Waals surface area contributed by atoms with Crippen molar-refractivity contribution >= 4 is 23.2 Å². The summed E-state index contributed by atoms with van der Waals surface area (Å²) in [6.45, 7) is 0.328. The highest BCUT2D eigenvalue weighted by atomic mass is 35.5. The minimum atomic E-state index is -4.72. The Morgan fingerprint density at radius 3 is 2.48 bits per heavy atom. The third-order valence-corrected chi connectivity index (χ3v) is 2.92. The Labute approximate surface area is 135 Å². The highest BCUT2D eigenvalue weighted by Gasteiger charge is 2.30. The lowest BCUT2D eigenvalue weighted by Gasteiger charge is -2.10. The van der Waals surface area contributed by atoms with Gasteiger partial charge in [-0.2, -0.15) is 0 Å². The number of anilines is 1. The molecule has 0 atom stereocenters. The van der Waals surface area contributed by atoms with E-state index in [9.17, 15) is 13.2 Å². The van der Waals surface area contributed by atoms with Crippen LogP contribution in [0.5, 0.6) is 5.75 Å². The second-order valence-corrected chi connectivity index (χ2v) is 4.97. The third kappa shape index (κ3) is 6.07. The van der Waals surface area contributed by atoms with E-state index < -0.39 is 6.36 Å². The summed E-state index contributed by atoms with van der Waals surface area (Å²) < 4.78 is 39.9. The van der Waals surface area contributed by atoms with Crippen LogP contribution in [0.1, 0.15) is 5.56 Å². The minimum absolute atomic E-state index is 0.134. The smallest absolute Gasteiger partial charge is 0.406 e. The van der Waals surface area contributed by atoms with Gasteiger partial charge < -0.3 is 15.8 Å². The lowest BCUT2D eigenvalue weighted by molar-refractivity contribution is -0.274. The maximum Gasteiger partial charge on any atom is 0.573 e. The highest BCUT2D eigenvalue weighted by Crippen LogP contribution is 2.23. The molecule has 0 radical (unpaired) electrons. The molecular formula is C15H13ClF3N3O. The van der Waals surface area contributed by atoms with Crippen LogP contribution in [0.4, 0.5) is 18.9 Å². The van der Waals surface area contributed by atoms with Gasteiger partial charge in [0.25, 0.3) is 0 Å². The lowest BCUT2D eigenvalue weighted by Crippen LogP contribution is -2.22. The molecule has 3 N–H and O–H groups in total. The van der Waals surface area contributed by atoms with Crippen LogP contribution in [0.3, 0.4) is 0 Å². The zero-order chi connectivity index (χ0) is 16.9. The Morgan fingerprint density at radius 2 is 1.87 bits per heavy atom. The van der Waals surface area contributed by atoms with Gasteiger partial charge in [0.2, 0.25) is 0 Å². The van der Waals surface area contributed by atoms with Gasteiger partial charge in [-0.1, -0.05) is 23.7 Å². The average Bonchev–Trinajstić information content (AvgIpc) is 2.46. The van der Waals surface area contributed by atoms with Crippen LogP contribution in [-0.2, 0) is 6.54 Å². The van der Waals surface area contributed by atoms with Crippen molar-refractivity contribution in [3.05, 3.63) is 59.1 Å². The molecule has 0 fully saturated rings. The molecule has 0 saturated heterocycles. The molecule has 4 nitrogen and oxygen atoms in total. The number of nitrogens with zero attached hydrogens (tertiary/aromatic N) is 1. The molecule has 0 aliphatic heterocycles. The quantitative estimate of drug-likeness (QED) is 0.647. The maximum absolute atomic E-state index is 12.1. The van der Waals surface area contributed by atoms with Crippen LogP contribution < -0.4 is 15.8 Å². The molecule has 0 unspecified atom stereocenters. The van der Waals surface area contributed by atoms with Gasteiger partial charge in [0.1, 0.15) is 5.75 Å². The summed E-state index contributed by atoms with van der Waals surface area (Å²) in [6.07, 6.45) is -4.72. The number of rotatable bonds is 4. The summed E-state index contributed by atoms with van der Waals surface area (Å²) in [4.78, 5) is 4.13. The summed E-state index contributed by atoms with van der Waals surface area (Å²) in [7, 11) is 0. The summed E-state index contributed by atoms with van der Waals surface area (Å²) in [5.41, 5.74) is 7.10. The van der Waals surface area contributed by atoms with E-state index in [4.69, 9.17) is 17.3 Å². The monoisotopic (exact) mass is 343 g/mol. The first-order valence-electron chi connectivity index (χ1n) is 6.49. The summed E-state index contributed by atoms with van der Waals surface area (Å²) in [6, 6.07) is 12.3. The number of hydrogen-bond acceptors (Lipinski definition) is 2. The van der Waals surface area contributed by atoms with Crippen molar-refractivity contribution < 1.29 is 17.9 Å². The Balaban J connectivity index is 1.94. The third-order valence-electron chi connectivity index (χ3n) is 2.68. The van der Waals surface area contributed by atoms with Crippen LogP contribution >= 0.6 is 11.6 Å².